The van der Waals surface area contributed by atoms with Crippen LogP contribution in [0, 0.1) is 0 Å². The third kappa shape index (κ3) is 5.52. The summed E-state index contributed by atoms with van der Waals surface area (Å²) in [4.78, 5) is 25.4. The predicted octanol–water partition coefficient (Wildman–Crippen LogP) is 0.418. The van der Waals surface area contributed by atoms with E-state index in [9.17, 15) is 9.59 Å². The van der Waals surface area contributed by atoms with Crippen LogP contribution < -0.4 is 15.5 Å². The second-order valence-corrected chi connectivity index (χ2v) is 5.99. The van der Waals surface area contributed by atoms with Crippen molar-refractivity contribution in [3.05, 3.63) is 71.8 Å². The lowest BCUT2D eigenvalue weighted by Gasteiger charge is -2.21. The summed E-state index contributed by atoms with van der Waals surface area (Å²) in [6, 6.07) is 18.6. The van der Waals surface area contributed by atoms with Crippen molar-refractivity contribution in [1.29, 1.82) is 0 Å². The number of hydrogen-bond acceptors (Lipinski definition) is 2. The zero-order valence-electron chi connectivity index (χ0n) is 14.1. The van der Waals surface area contributed by atoms with E-state index < -0.39 is 0 Å². The van der Waals surface area contributed by atoms with Crippen LogP contribution in [0.2, 0.25) is 0 Å². The zero-order valence-corrected chi connectivity index (χ0v) is 14.1. The number of benzene rings is 2. The Bertz CT molecular complexity index is 657. The summed E-state index contributed by atoms with van der Waals surface area (Å²) >= 11 is 0. The van der Waals surface area contributed by atoms with Crippen LogP contribution in [0.4, 0.5) is 0 Å². The molecule has 0 unspecified atom stereocenters. The van der Waals surface area contributed by atoms with E-state index in [-0.39, 0.29) is 24.4 Å². The van der Waals surface area contributed by atoms with E-state index >= 15 is 0 Å². The lowest BCUT2D eigenvalue weighted by molar-refractivity contribution is -0.860. The van der Waals surface area contributed by atoms with E-state index in [0.717, 1.165) is 12.1 Å². The molecule has 3 N–H and O–H groups in total. The van der Waals surface area contributed by atoms with Crippen molar-refractivity contribution in [2.45, 2.75) is 6.04 Å². The molecule has 0 saturated carbocycles. The van der Waals surface area contributed by atoms with Gasteiger partial charge in [0.2, 0.25) is 5.91 Å². The predicted molar refractivity (Wildman–Crippen MR) is 93.8 cm³/mol. The highest BCUT2D eigenvalue weighted by atomic mass is 16.2. The van der Waals surface area contributed by atoms with Crippen LogP contribution in [0.25, 0.3) is 0 Å². The Hall–Kier alpha value is -2.66. The summed E-state index contributed by atoms with van der Waals surface area (Å²) in [5.41, 5.74) is 1.60. The molecule has 5 heteroatoms. The fourth-order valence-corrected chi connectivity index (χ4v) is 2.44. The van der Waals surface area contributed by atoms with Crippen LogP contribution in [-0.4, -0.2) is 39.0 Å². The first-order chi connectivity index (χ1) is 11.6. The van der Waals surface area contributed by atoms with Gasteiger partial charge >= 0.3 is 0 Å². The van der Waals surface area contributed by atoms with Crippen molar-refractivity contribution < 1.29 is 14.5 Å². The molecule has 2 rings (SSSR count). The molecule has 0 aromatic heterocycles. The summed E-state index contributed by atoms with van der Waals surface area (Å²) in [7, 11) is 4.08. The van der Waals surface area contributed by atoms with Crippen LogP contribution >= 0.6 is 0 Å². The Kier molecular flexibility index (Phi) is 6.51. The van der Waals surface area contributed by atoms with Gasteiger partial charge in [-0.25, -0.2) is 0 Å². The first kappa shape index (κ1) is 17.7. The molecule has 5 nitrogen and oxygen atoms in total. The van der Waals surface area contributed by atoms with Crippen molar-refractivity contribution in [3.63, 3.8) is 0 Å². The van der Waals surface area contributed by atoms with E-state index in [0.29, 0.717) is 5.56 Å². The molecule has 0 aliphatic rings. The Morgan fingerprint density at radius 3 is 2.12 bits per heavy atom. The molecule has 126 valence electrons. The van der Waals surface area contributed by atoms with Crippen molar-refractivity contribution in [2.24, 2.45) is 0 Å². The third-order valence-electron chi connectivity index (χ3n) is 3.60. The molecular weight excluding hydrogens is 302 g/mol. The number of carbonyl (C=O) groups excluding carboxylic acids is 2. The van der Waals surface area contributed by atoms with Crippen molar-refractivity contribution >= 4 is 11.8 Å². The molecule has 2 aromatic rings. The Morgan fingerprint density at radius 1 is 0.958 bits per heavy atom. The monoisotopic (exact) mass is 326 g/mol. The van der Waals surface area contributed by atoms with E-state index in [1.54, 1.807) is 24.3 Å². The SMILES string of the molecule is C[NH+](C)C[C@@H](NC(=O)CNC(=O)c1ccccc1)c1ccccc1. The van der Waals surface area contributed by atoms with Gasteiger partial charge in [-0.2, -0.15) is 0 Å². The Labute approximate surface area is 142 Å². The molecule has 0 saturated heterocycles. The second kappa shape index (κ2) is 8.84. The minimum atomic E-state index is -0.250. The lowest BCUT2D eigenvalue weighted by atomic mass is 10.1. The van der Waals surface area contributed by atoms with Crippen LogP contribution in [0.3, 0.4) is 0 Å². The number of hydrogen-bond donors (Lipinski definition) is 3. The van der Waals surface area contributed by atoms with Crippen LogP contribution in [0.1, 0.15) is 22.0 Å². The Morgan fingerprint density at radius 2 is 1.54 bits per heavy atom. The van der Waals surface area contributed by atoms with Crippen LogP contribution in [0.15, 0.2) is 60.7 Å². The van der Waals surface area contributed by atoms with Gasteiger partial charge in [0.25, 0.3) is 5.91 Å². The number of amides is 2. The lowest BCUT2D eigenvalue weighted by Crippen LogP contribution is -3.06. The number of quaternary nitrogens is 1. The van der Waals surface area contributed by atoms with Gasteiger partial charge in [0.05, 0.1) is 20.6 Å². The number of likely N-dealkylation sites (N-methyl/N-ethyl adjacent to an activating group) is 1. The molecule has 0 spiro atoms. The normalized spacial score (nSPS) is 11.8. The quantitative estimate of drug-likeness (QED) is 0.690. The first-order valence-electron chi connectivity index (χ1n) is 8.03. The van der Waals surface area contributed by atoms with Gasteiger partial charge in [-0.05, 0) is 17.7 Å². The van der Waals surface area contributed by atoms with Crippen molar-refractivity contribution in [2.75, 3.05) is 27.2 Å². The molecule has 0 aliphatic heterocycles. The Balaban J connectivity index is 1.92. The van der Waals surface area contributed by atoms with Gasteiger partial charge in [0, 0.05) is 5.56 Å². The van der Waals surface area contributed by atoms with Gasteiger partial charge in [-0.3, -0.25) is 9.59 Å². The highest BCUT2D eigenvalue weighted by Crippen LogP contribution is 2.10. The van der Waals surface area contributed by atoms with E-state index in [2.05, 4.69) is 10.6 Å². The highest BCUT2D eigenvalue weighted by molar-refractivity contribution is 5.96. The molecule has 1 atom stereocenters. The smallest absolute Gasteiger partial charge is 0.251 e. The minimum Gasteiger partial charge on any atom is -0.343 e. The summed E-state index contributed by atoms with van der Waals surface area (Å²) < 4.78 is 0. The maximum atomic E-state index is 12.2. The average Bonchev–Trinajstić information content (AvgIpc) is 2.60. The largest absolute Gasteiger partial charge is 0.343 e. The average molecular weight is 326 g/mol. The summed E-state index contributed by atoms with van der Waals surface area (Å²) in [6.45, 7) is 0.724. The molecule has 24 heavy (non-hydrogen) atoms. The zero-order chi connectivity index (χ0) is 17.4. The minimum absolute atomic E-state index is 0.0418. The fraction of sp³-hybridized carbons (Fsp3) is 0.263. The second-order valence-electron chi connectivity index (χ2n) is 5.99. The topological polar surface area (TPSA) is 62.6 Å². The first-order valence-corrected chi connectivity index (χ1v) is 8.03. The standard InChI is InChI=1S/C19H23N3O2/c1-22(2)14-17(15-9-5-3-6-10-15)21-18(23)13-20-19(24)16-11-7-4-8-12-16/h3-12,17H,13-14H2,1-2H3,(H,20,24)(H,21,23)/p+1/t17-/m1/s1. The van der Waals surface area contributed by atoms with Crippen molar-refractivity contribution in [1.82, 2.24) is 10.6 Å². The molecule has 0 bridgehead atoms. The maximum absolute atomic E-state index is 12.2. The number of nitrogens with one attached hydrogen (secondary N) is 3. The fourth-order valence-electron chi connectivity index (χ4n) is 2.44. The maximum Gasteiger partial charge on any atom is 0.251 e. The number of carbonyl (C=O) groups is 2. The van der Waals surface area contributed by atoms with Gasteiger partial charge in [0.1, 0.15) is 12.6 Å². The molecule has 0 radical (unpaired) electrons. The number of rotatable bonds is 7. The highest BCUT2D eigenvalue weighted by Gasteiger charge is 2.18. The van der Waals surface area contributed by atoms with Crippen LogP contribution in [-0.2, 0) is 4.79 Å². The molecule has 2 amide bonds. The van der Waals surface area contributed by atoms with E-state index in [4.69, 9.17) is 0 Å². The summed E-state index contributed by atoms with van der Waals surface area (Å²) in [6.07, 6.45) is 0. The van der Waals surface area contributed by atoms with Gasteiger partial charge in [-0.1, -0.05) is 48.5 Å². The van der Waals surface area contributed by atoms with E-state index in [1.165, 1.54) is 4.90 Å². The molecule has 0 heterocycles. The third-order valence-corrected chi connectivity index (χ3v) is 3.60. The van der Waals surface area contributed by atoms with E-state index in [1.807, 2.05) is 50.5 Å². The summed E-state index contributed by atoms with van der Waals surface area (Å²) in [5, 5.41) is 5.65. The van der Waals surface area contributed by atoms with Crippen molar-refractivity contribution in [3.8, 4) is 0 Å². The molecule has 0 aliphatic carbocycles. The van der Waals surface area contributed by atoms with Gasteiger partial charge in [-0.15, -0.1) is 0 Å². The molecular formula is C19H24N3O2+. The van der Waals surface area contributed by atoms with Crippen LogP contribution in [0.5, 0.6) is 0 Å². The summed E-state index contributed by atoms with van der Waals surface area (Å²) in [5.74, 6) is -0.449. The van der Waals surface area contributed by atoms with Gasteiger partial charge in [0.15, 0.2) is 0 Å². The molecule has 2 aromatic carbocycles. The molecule has 0 fully saturated rings. The van der Waals surface area contributed by atoms with Gasteiger partial charge < -0.3 is 15.5 Å².